The number of hydrogen-bond donors (Lipinski definition) is 1. The van der Waals surface area contributed by atoms with Crippen molar-refractivity contribution in [1.29, 1.82) is 0 Å². The minimum Gasteiger partial charge on any atom is -0.384 e. The first-order valence-electron chi connectivity index (χ1n) is 6.55. The molecule has 1 unspecified atom stereocenters. The van der Waals surface area contributed by atoms with E-state index >= 15 is 0 Å². The molecule has 1 aromatic heterocycles. The predicted molar refractivity (Wildman–Crippen MR) is 72.5 cm³/mol. The molecule has 1 N–H and O–H groups in total. The van der Waals surface area contributed by atoms with Crippen molar-refractivity contribution in [1.82, 2.24) is 9.88 Å². The molecule has 19 heavy (non-hydrogen) atoms. The number of rotatable bonds is 1. The first kappa shape index (κ1) is 13.6. The highest BCUT2D eigenvalue weighted by Gasteiger charge is 2.23. The van der Waals surface area contributed by atoms with Crippen molar-refractivity contribution in [3.05, 3.63) is 29.6 Å². The lowest BCUT2D eigenvalue weighted by Crippen LogP contribution is -2.39. The van der Waals surface area contributed by atoms with Gasteiger partial charge in [-0.15, -0.1) is 0 Å². The van der Waals surface area contributed by atoms with Gasteiger partial charge < -0.3 is 10.0 Å². The first-order chi connectivity index (χ1) is 9.22. The van der Waals surface area contributed by atoms with Gasteiger partial charge in [-0.2, -0.15) is 0 Å². The molecule has 0 radical (unpaired) electrons. The highest BCUT2D eigenvalue weighted by molar-refractivity contribution is 5.96. The number of carbonyl (C=O) groups excluding carboxylic acids is 1. The Morgan fingerprint density at radius 1 is 1.63 bits per heavy atom. The third-order valence-corrected chi connectivity index (χ3v) is 3.30. The van der Waals surface area contributed by atoms with Crippen LogP contribution in [-0.2, 0) is 0 Å². The van der Waals surface area contributed by atoms with Gasteiger partial charge in [0.2, 0.25) is 0 Å². The molecule has 2 rings (SSSR count). The Labute approximate surface area is 113 Å². The number of amides is 1. The van der Waals surface area contributed by atoms with E-state index in [-0.39, 0.29) is 12.5 Å². The van der Waals surface area contributed by atoms with E-state index in [2.05, 4.69) is 23.7 Å². The van der Waals surface area contributed by atoms with E-state index in [0.717, 1.165) is 19.5 Å². The van der Waals surface area contributed by atoms with Gasteiger partial charge in [0.25, 0.3) is 5.91 Å². The average molecular weight is 258 g/mol. The monoisotopic (exact) mass is 258 g/mol. The van der Waals surface area contributed by atoms with Crippen LogP contribution in [0, 0.1) is 17.8 Å². The molecule has 0 aromatic carbocycles. The van der Waals surface area contributed by atoms with E-state index < -0.39 is 0 Å². The number of hydrogen-bond acceptors (Lipinski definition) is 3. The van der Waals surface area contributed by atoms with Crippen LogP contribution in [0.3, 0.4) is 0 Å². The number of aliphatic hydroxyl groups excluding tert-OH is 1. The molecule has 0 aliphatic carbocycles. The molecule has 1 aliphatic heterocycles. The summed E-state index contributed by atoms with van der Waals surface area (Å²) in [6.07, 6.45) is 5.40. The SMILES string of the molecule is CC1CCCN(C(=O)c2ccncc2C#CCO)C1. The Morgan fingerprint density at radius 3 is 3.21 bits per heavy atom. The van der Waals surface area contributed by atoms with Crippen molar-refractivity contribution in [3.63, 3.8) is 0 Å². The van der Waals surface area contributed by atoms with Crippen LogP contribution in [0.25, 0.3) is 0 Å². The zero-order valence-electron chi connectivity index (χ0n) is 11.1. The molecule has 4 nitrogen and oxygen atoms in total. The van der Waals surface area contributed by atoms with Crippen molar-refractivity contribution >= 4 is 5.91 Å². The summed E-state index contributed by atoms with van der Waals surface area (Å²) in [7, 11) is 0. The van der Waals surface area contributed by atoms with Crippen LogP contribution in [0.2, 0.25) is 0 Å². The van der Waals surface area contributed by atoms with Gasteiger partial charge >= 0.3 is 0 Å². The van der Waals surface area contributed by atoms with E-state index in [4.69, 9.17) is 5.11 Å². The van der Waals surface area contributed by atoms with Crippen LogP contribution >= 0.6 is 0 Å². The fourth-order valence-electron chi connectivity index (χ4n) is 2.36. The van der Waals surface area contributed by atoms with Gasteiger partial charge in [-0.3, -0.25) is 9.78 Å². The first-order valence-corrected chi connectivity index (χ1v) is 6.55. The molecule has 1 aliphatic rings. The molecule has 0 spiro atoms. The Balaban J connectivity index is 2.23. The minimum absolute atomic E-state index is 0.0104. The van der Waals surface area contributed by atoms with Crippen LogP contribution in [0.4, 0.5) is 0 Å². The minimum atomic E-state index is -0.219. The summed E-state index contributed by atoms with van der Waals surface area (Å²) in [5.41, 5.74) is 1.16. The van der Waals surface area contributed by atoms with E-state index in [0.29, 0.717) is 17.0 Å². The zero-order chi connectivity index (χ0) is 13.7. The third-order valence-electron chi connectivity index (χ3n) is 3.30. The number of likely N-dealkylation sites (tertiary alicyclic amines) is 1. The fourth-order valence-corrected chi connectivity index (χ4v) is 2.36. The molecule has 1 aromatic rings. The van der Waals surface area contributed by atoms with Gasteiger partial charge in [0, 0.05) is 25.5 Å². The Hall–Kier alpha value is -1.86. The van der Waals surface area contributed by atoms with Crippen molar-refractivity contribution < 1.29 is 9.90 Å². The average Bonchev–Trinajstić information content (AvgIpc) is 2.44. The van der Waals surface area contributed by atoms with Gasteiger partial charge in [-0.05, 0) is 24.8 Å². The maximum atomic E-state index is 12.5. The number of aliphatic hydroxyl groups is 1. The second-order valence-corrected chi connectivity index (χ2v) is 4.88. The molecular weight excluding hydrogens is 240 g/mol. The van der Waals surface area contributed by atoms with Gasteiger partial charge in [-0.25, -0.2) is 0 Å². The molecule has 1 fully saturated rings. The van der Waals surface area contributed by atoms with Crippen LogP contribution in [-0.4, -0.2) is 40.6 Å². The molecule has 2 heterocycles. The molecule has 100 valence electrons. The topological polar surface area (TPSA) is 53.4 Å². The van der Waals surface area contributed by atoms with Crippen molar-refractivity contribution in [2.75, 3.05) is 19.7 Å². The summed E-state index contributed by atoms with van der Waals surface area (Å²) in [4.78, 5) is 18.4. The second-order valence-electron chi connectivity index (χ2n) is 4.88. The number of carbonyl (C=O) groups is 1. The number of pyridine rings is 1. The quantitative estimate of drug-likeness (QED) is 0.772. The van der Waals surface area contributed by atoms with Gasteiger partial charge in [-0.1, -0.05) is 18.8 Å². The second kappa shape index (κ2) is 6.35. The lowest BCUT2D eigenvalue weighted by atomic mass is 9.99. The van der Waals surface area contributed by atoms with Gasteiger partial charge in [0.05, 0.1) is 11.1 Å². The Morgan fingerprint density at radius 2 is 2.47 bits per heavy atom. The summed E-state index contributed by atoms with van der Waals surface area (Å²) in [5.74, 6) is 5.91. The molecule has 4 heteroatoms. The summed E-state index contributed by atoms with van der Waals surface area (Å²) in [6, 6.07) is 1.70. The summed E-state index contributed by atoms with van der Waals surface area (Å²) >= 11 is 0. The summed E-state index contributed by atoms with van der Waals surface area (Å²) in [5, 5.41) is 8.75. The summed E-state index contributed by atoms with van der Waals surface area (Å²) < 4.78 is 0. The third kappa shape index (κ3) is 3.33. The van der Waals surface area contributed by atoms with Crippen LogP contribution in [0.1, 0.15) is 35.7 Å². The van der Waals surface area contributed by atoms with Crippen LogP contribution < -0.4 is 0 Å². The molecule has 1 saturated heterocycles. The van der Waals surface area contributed by atoms with E-state index in [9.17, 15) is 4.79 Å². The fraction of sp³-hybridized carbons (Fsp3) is 0.467. The molecule has 1 amide bonds. The van der Waals surface area contributed by atoms with Crippen molar-refractivity contribution in [3.8, 4) is 11.8 Å². The Bertz CT molecular complexity index is 516. The highest BCUT2D eigenvalue weighted by atomic mass is 16.2. The van der Waals surface area contributed by atoms with E-state index in [1.54, 1.807) is 18.5 Å². The van der Waals surface area contributed by atoms with E-state index in [1.165, 1.54) is 6.42 Å². The lowest BCUT2D eigenvalue weighted by Gasteiger charge is -2.31. The highest BCUT2D eigenvalue weighted by Crippen LogP contribution is 2.18. The lowest BCUT2D eigenvalue weighted by molar-refractivity contribution is 0.0682. The smallest absolute Gasteiger partial charge is 0.255 e. The molecule has 0 saturated carbocycles. The molecule has 1 atom stereocenters. The zero-order valence-corrected chi connectivity index (χ0v) is 11.1. The van der Waals surface area contributed by atoms with Crippen LogP contribution in [0.5, 0.6) is 0 Å². The number of aromatic nitrogens is 1. The normalized spacial score (nSPS) is 18.6. The largest absolute Gasteiger partial charge is 0.384 e. The van der Waals surface area contributed by atoms with Gasteiger partial charge in [0.1, 0.15) is 6.61 Å². The molecular formula is C15H18N2O2. The van der Waals surface area contributed by atoms with Gasteiger partial charge in [0.15, 0.2) is 0 Å². The van der Waals surface area contributed by atoms with Crippen LogP contribution in [0.15, 0.2) is 18.5 Å². The number of piperidine rings is 1. The Kier molecular flexibility index (Phi) is 4.53. The van der Waals surface area contributed by atoms with Crippen molar-refractivity contribution in [2.24, 2.45) is 5.92 Å². The molecule has 0 bridgehead atoms. The van der Waals surface area contributed by atoms with Crippen molar-refractivity contribution in [2.45, 2.75) is 19.8 Å². The van der Waals surface area contributed by atoms with E-state index in [1.807, 2.05) is 4.90 Å². The maximum Gasteiger partial charge on any atom is 0.255 e. The standard InChI is InChI=1S/C15H18N2O2/c1-12-4-2-8-17(11-12)15(19)14-6-7-16-10-13(14)5-3-9-18/h6-7,10,12,18H,2,4,8-9,11H2,1H3. The predicted octanol–water partition coefficient (Wildman–Crippen LogP) is 1.30. The number of nitrogens with zero attached hydrogens (tertiary/aromatic N) is 2. The maximum absolute atomic E-state index is 12.5. The summed E-state index contributed by atoms with van der Waals surface area (Å²) in [6.45, 7) is 3.55.